The van der Waals surface area contributed by atoms with Crippen LogP contribution in [0.5, 0.6) is 5.75 Å². The van der Waals surface area contributed by atoms with Crippen molar-refractivity contribution in [1.29, 1.82) is 0 Å². The third kappa shape index (κ3) is 3.57. The van der Waals surface area contributed by atoms with E-state index in [9.17, 15) is 9.50 Å². The highest BCUT2D eigenvalue weighted by Crippen LogP contribution is 2.31. The van der Waals surface area contributed by atoms with Gasteiger partial charge in [0.2, 0.25) is 0 Å². The molecule has 118 valence electrons. The van der Waals surface area contributed by atoms with Crippen LogP contribution in [0.4, 0.5) is 15.8 Å². The van der Waals surface area contributed by atoms with Gasteiger partial charge < -0.3 is 25.6 Å². The molecule has 5 nitrogen and oxygen atoms in total. The van der Waals surface area contributed by atoms with E-state index in [-0.39, 0.29) is 30.2 Å². The summed E-state index contributed by atoms with van der Waals surface area (Å²) in [5.41, 5.74) is 5.69. The van der Waals surface area contributed by atoms with Crippen molar-refractivity contribution < 1.29 is 19.0 Å². The van der Waals surface area contributed by atoms with E-state index in [0.717, 1.165) is 0 Å². The second kappa shape index (κ2) is 6.07. The van der Waals surface area contributed by atoms with Gasteiger partial charge in [-0.15, -0.1) is 0 Å². The van der Waals surface area contributed by atoms with Crippen LogP contribution in [0.15, 0.2) is 12.1 Å². The molecule has 21 heavy (non-hydrogen) atoms. The third-order valence-corrected chi connectivity index (χ3v) is 3.71. The van der Waals surface area contributed by atoms with Gasteiger partial charge in [-0.2, -0.15) is 0 Å². The van der Waals surface area contributed by atoms with Crippen LogP contribution in [0.1, 0.15) is 27.2 Å². The zero-order chi connectivity index (χ0) is 15.6. The summed E-state index contributed by atoms with van der Waals surface area (Å²) in [6.45, 7) is 6.29. The number of nitrogens with two attached hydrogens (primary N) is 1. The molecule has 2 atom stereocenters. The Bertz CT molecular complexity index is 510. The van der Waals surface area contributed by atoms with E-state index in [1.807, 2.05) is 20.8 Å². The second-order valence-electron chi connectivity index (χ2n) is 5.76. The first-order valence-corrected chi connectivity index (χ1v) is 7.15. The smallest absolute Gasteiger partial charge is 0.167 e. The minimum absolute atomic E-state index is 0.136. The molecule has 1 aliphatic heterocycles. The summed E-state index contributed by atoms with van der Waals surface area (Å²) in [4.78, 5) is 0. The number of ether oxygens (including phenoxy) is 2. The fourth-order valence-corrected chi connectivity index (χ4v) is 2.32. The van der Waals surface area contributed by atoms with Gasteiger partial charge in [0.25, 0.3) is 0 Å². The molecule has 0 radical (unpaired) electrons. The lowest BCUT2D eigenvalue weighted by atomic mass is 9.96. The van der Waals surface area contributed by atoms with Crippen LogP contribution in [0.3, 0.4) is 0 Å². The van der Waals surface area contributed by atoms with E-state index in [2.05, 4.69) is 5.32 Å². The average molecular weight is 298 g/mol. The Kier molecular flexibility index (Phi) is 4.58. The van der Waals surface area contributed by atoms with Crippen molar-refractivity contribution in [2.24, 2.45) is 0 Å². The molecular formula is C15H23FN2O3. The molecule has 4 N–H and O–H groups in total. The Labute approximate surface area is 124 Å². The van der Waals surface area contributed by atoms with E-state index in [0.29, 0.717) is 18.7 Å². The van der Waals surface area contributed by atoms with E-state index >= 15 is 0 Å². The maximum absolute atomic E-state index is 13.8. The van der Waals surface area contributed by atoms with Crippen molar-refractivity contribution in [3.05, 3.63) is 17.9 Å². The summed E-state index contributed by atoms with van der Waals surface area (Å²) >= 11 is 0. The average Bonchev–Trinajstić information content (AvgIpc) is 2.71. The third-order valence-electron chi connectivity index (χ3n) is 3.71. The Hall–Kier alpha value is -1.53. The van der Waals surface area contributed by atoms with Crippen molar-refractivity contribution >= 4 is 11.4 Å². The van der Waals surface area contributed by atoms with Crippen molar-refractivity contribution in [2.45, 2.75) is 45.0 Å². The largest absolute Gasteiger partial charge is 0.488 e. The first-order valence-electron chi connectivity index (χ1n) is 7.15. The first-order chi connectivity index (χ1) is 9.82. The number of aliphatic hydroxyl groups is 1. The van der Waals surface area contributed by atoms with E-state index in [1.165, 1.54) is 12.1 Å². The molecule has 0 bridgehead atoms. The topological polar surface area (TPSA) is 76.7 Å². The summed E-state index contributed by atoms with van der Waals surface area (Å²) in [5.74, 6) is -0.354. The van der Waals surface area contributed by atoms with Crippen molar-refractivity contribution in [3.8, 4) is 5.75 Å². The number of anilines is 2. The Balaban J connectivity index is 2.12. The van der Waals surface area contributed by atoms with Crippen LogP contribution >= 0.6 is 0 Å². The minimum Gasteiger partial charge on any atom is -0.488 e. The van der Waals surface area contributed by atoms with Gasteiger partial charge in [0, 0.05) is 31.7 Å². The number of halogens is 1. The van der Waals surface area contributed by atoms with E-state index < -0.39 is 11.4 Å². The van der Waals surface area contributed by atoms with Gasteiger partial charge in [-0.05, 0) is 20.8 Å². The molecule has 1 heterocycles. The number of hydrogen-bond donors (Lipinski definition) is 3. The van der Waals surface area contributed by atoms with Gasteiger partial charge in [0.1, 0.15) is 5.60 Å². The maximum atomic E-state index is 13.8. The first kappa shape index (κ1) is 15.9. The summed E-state index contributed by atoms with van der Waals surface area (Å²) in [6, 6.07) is 2.74. The van der Waals surface area contributed by atoms with Gasteiger partial charge in [0.05, 0.1) is 23.6 Å². The normalized spacial score (nSPS) is 25.3. The van der Waals surface area contributed by atoms with Crippen LogP contribution in [-0.2, 0) is 4.74 Å². The number of benzene rings is 1. The lowest BCUT2D eigenvalue weighted by Gasteiger charge is -2.27. The van der Waals surface area contributed by atoms with Crippen LogP contribution in [0, 0.1) is 5.82 Å². The van der Waals surface area contributed by atoms with Crippen molar-refractivity contribution in [1.82, 2.24) is 0 Å². The van der Waals surface area contributed by atoms with Gasteiger partial charge in [-0.1, -0.05) is 0 Å². The summed E-state index contributed by atoms with van der Waals surface area (Å²) < 4.78 is 24.5. The molecule has 2 unspecified atom stereocenters. The molecule has 1 aromatic rings. The quantitative estimate of drug-likeness (QED) is 0.726. The van der Waals surface area contributed by atoms with Gasteiger partial charge >= 0.3 is 0 Å². The molecule has 0 saturated carbocycles. The SMILES string of the molecule is CC(C)Oc1cc(NCC2(O)CCOC2C)c(N)cc1F. The Morgan fingerprint density at radius 2 is 2.29 bits per heavy atom. The number of hydrogen-bond acceptors (Lipinski definition) is 5. The summed E-state index contributed by atoms with van der Waals surface area (Å²) in [6.07, 6.45) is 0.166. The van der Waals surface area contributed by atoms with Gasteiger partial charge in [-0.25, -0.2) is 4.39 Å². The number of nitrogen functional groups attached to an aromatic ring is 1. The van der Waals surface area contributed by atoms with Gasteiger partial charge in [-0.3, -0.25) is 0 Å². The minimum atomic E-state index is -0.945. The summed E-state index contributed by atoms with van der Waals surface area (Å²) in [7, 11) is 0. The van der Waals surface area contributed by atoms with Crippen LogP contribution in [0.25, 0.3) is 0 Å². The lowest BCUT2D eigenvalue weighted by Crippen LogP contribution is -2.43. The summed E-state index contributed by atoms with van der Waals surface area (Å²) in [5, 5.41) is 13.5. The van der Waals surface area contributed by atoms with E-state index in [4.69, 9.17) is 15.2 Å². The number of rotatable bonds is 5. The predicted molar refractivity (Wildman–Crippen MR) is 80.0 cm³/mol. The lowest BCUT2D eigenvalue weighted by molar-refractivity contribution is -0.0175. The molecule has 1 saturated heterocycles. The molecule has 6 heteroatoms. The molecule has 1 aliphatic rings. The molecule has 1 fully saturated rings. The molecular weight excluding hydrogens is 275 g/mol. The van der Waals surface area contributed by atoms with Crippen molar-refractivity contribution in [2.75, 3.05) is 24.2 Å². The molecule has 0 aliphatic carbocycles. The monoisotopic (exact) mass is 298 g/mol. The second-order valence-corrected chi connectivity index (χ2v) is 5.76. The molecule has 1 aromatic carbocycles. The maximum Gasteiger partial charge on any atom is 0.167 e. The molecule has 2 rings (SSSR count). The highest BCUT2D eigenvalue weighted by Gasteiger charge is 2.39. The van der Waals surface area contributed by atoms with Gasteiger partial charge in [0.15, 0.2) is 11.6 Å². The standard InChI is InChI=1S/C15H23FN2O3/c1-9(2)21-14-7-13(12(17)6-11(14)16)18-8-15(19)4-5-20-10(15)3/h6-7,9-10,18-19H,4-5,8,17H2,1-3H3. The zero-order valence-corrected chi connectivity index (χ0v) is 12.6. The number of nitrogens with one attached hydrogen (secondary N) is 1. The Morgan fingerprint density at radius 1 is 1.57 bits per heavy atom. The van der Waals surface area contributed by atoms with Crippen LogP contribution in [0.2, 0.25) is 0 Å². The van der Waals surface area contributed by atoms with Crippen molar-refractivity contribution in [3.63, 3.8) is 0 Å². The molecule has 0 amide bonds. The highest BCUT2D eigenvalue weighted by molar-refractivity contribution is 5.68. The fourth-order valence-electron chi connectivity index (χ4n) is 2.32. The highest BCUT2D eigenvalue weighted by atomic mass is 19.1. The van der Waals surface area contributed by atoms with Crippen LogP contribution < -0.4 is 15.8 Å². The van der Waals surface area contributed by atoms with E-state index in [1.54, 1.807) is 0 Å². The fraction of sp³-hybridized carbons (Fsp3) is 0.600. The Morgan fingerprint density at radius 3 is 2.86 bits per heavy atom. The zero-order valence-electron chi connectivity index (χ0n) is 12.6. The molecule has 0 aromatic heterocycles. The predicted octanol–water partition coefficient (Wildman–Crippen LogP) is 2.15. The van der Waals surface area contributed by atoms with Crippen LogP contribution in [-0.4, -0.2) is 36.1 Å². The molecule has 0 spiro atoms.